The number of methoxy groups -OCH3 is 1. The first-order valence-corrected chi connectivity index (χ1v) is 7.67. The van der Waals surface area contributed by atoms with Gasteiger partial charge in [-0.3, -0.25) is 4.79 Å². The number of hydrogen-bond acceptors (Lipinski definition) is 3. The molecule has 3 rings (SSSR count). The molecule has 1 heterocycles. The molecule has 1 saturated heterocycles. The van der Waals surface area contributed by atoms with Gasteiger partial charge >= 0.3 is 0 Å². The van der Waals surface area contributed by atoms with E-state index in [0.717, 1.165) is 37.4 Å². The van der Waals surface area contributed by atoms with Gasteiger partial charge in [0, 0.05) is 19.0 Å². The van der Waals surface area contributed by atoms with Gasteiger partial charge in [-0.2, -0.15) is 0 Å². The first kappa shape index (κ1) is 13.6. The van der Waals surface area contributed by atoms with Crippen LogP contribution in [0, 0.1) is 11.8 Å². The third kappa shape index (κ3) is 3.04. The number of carbonyl (C=O) groups is 1. The molecule has 1 unspecified atom stereocenters. The molecule has 2 fully saturated rings. The second-order valence-electron chi connectivity index (χ2n) is 6.11. The van der Waals surface area contributed by atoms with Crippen molar-refractivity contribution in [2.75, 3.05) is 26.7 Å². The molecule has 0 radical (unpaired) electrons. The van der Waals surface area contributed by atoms with E-state index in [2.05, 4.69) is 4.90 Å². The standard InChI is InChI=1S/C17H23NO2/c1-20-16-7-3-2-6-15(16)17(19)14-5-4-10-18(12-14)11-13-8-9-13/h2-3,6-7,13-14H,4-5,8-12H2,1H3. The van der Waals surface area contributed by atoms with Crippen molar-refractivity contribution in [2.45, 2.75) is 25.7 Å². The summed E-state index contributed by atoms with van der Waals surface area (Å²) < 4.78 is 5.32. The molecule has 0 spiro atoms. The van der Waals surface area contributed by atoms with Crippen molar-refractivity contribution in [1.82, 2.24) is 4.90 Å². The Bertz CT molecular complexity index is 482. The number of para-hydroxylation sites is 1. The maximum atomic E-state index is 12.7. The minimum absolute atomic E-state index is 0.138. The van der Waals surface area contributed by atoms with Crippen molar-refractivity contribution in [2.24, 2.45) is 11.8 Å². The predicted molar refractivity (Wildman–Crippen MR) is 79.2 cm³/mol. The van der Waals surface area contributed by atoms with Crippen LogP contribution in [0.4, 0.5) is 0 Å². The molecule has 3 heteroatoms. The molecule has 0 N–H and O–H groups in total. The molecule has 108 valence electrons. The van der Waals surface area contributed by atoms with Crippen LogP contribution in [-0.2, 0) is 0 Å². The molecule has 0 bridgehead atoms. The van der Waals surface area contributed by atoms with Crippen LogP contribution >= 0.6 is 0 Å². The monoisotopic (exact) mass is 273 g/mol. The SMILES string of the molecule is COc1ccccc1C(=O)C1CCCN(CC2CC2)C1. The molecule has 3 nitrogen and oxygen atoms in total. The van der Waals surface area contributed by atoms with E-state index in [1.807, 2.05) is 24.3 Å². The molecule has 1 saturated carbocycles. The second kappa shape index (κ2) is 5.96. The summed E-state index contributed by atoms with van der Waals surface area (Å²) in [6.07, 6.45) is 4.90. The maximum Gasteiger partial charge on any atom is 0.170 e. The molecule has 20 heavy (non-hydrogen) atoms. The van der Waals surface area contributed by atoms with E-state index in [1.165, 1.54) is 19.4 Å². The van der Waals surface area contributed by atoms with E-state index in [0.29, 0.717) is 5.75 Å². The van der Waals surface area contributed by atoms with E-state index in [1.54, 1.807) is 7.11 Å². The molecule has 2 aliphatic rings. The highest BCUT2D eigenvalue weighted by Gasteiger charge is 2.31. The van der Waals surface area contributed by atoms with Crippen LogP contribution in [0.1, 0.15) is 36.0 Å². The highest BCUT2D eigenvalue weighted by Crippen LogP contribution is 2.32. The maximum absolute atomic E-state index is 12.7. The molecule has 1 aliphatic heterocycles. The Hall–Kier alpha value is -1.35. The summed E-state index contributed by atoms with van der Waals surface area (Å²) in [6.45, 7) is 3.27. The highest BCUT2D eigenvalue weighted by molar-refractivity contribution is 6.00. The zero-order valence-corrected chi connectivity index (χ0v) is 12.2. The Kier molecular flexibility index (Phi) is 4.06. The molecule has 1 aromatic carbocycles. The van der Waals surface area contributed by atoms with E-state index < -0.39 is 0 Å². The highest BCUT2D eigenvalue weighted by atomic mass is 16.5. The van der Waals surface area contributed by atoms with Crippen molar-refractivity contribution in [3.05, 3.63) is 29.8 Å². The van der Waals surface area contributed by atoms with Crippen molar-refractivity contribution < 1.29 is 9.53 Å². The summed E-state index contributed by atoms with van der Waals surface area (Å²) in [6, 6.07) is 7.59. The number of benzene rings is 1. The minimum Gasteiger partial charge on any atom is -0.496 e. The zero-order valence-electron chi connectivity index (χ0n) is 12.2. The number of nitrogens with zero attached hydrogens (tertiary/aromatic N) is 1. The molecule has 1 atom stereocenters. The van der Waals surface area contributed by atoms with Crippen molar-refractivity contribution in [3.8, 4) is 5.75 Å². The molecular formula is C17H23NO2. The van der Waals surface area contributed by atoms with Crippen molar-refractivity contribution in [3.63, 3.8) is 0 Å². The molecule has 1 aliphatic carbocycles. The van der Waals surface area contributed by atoms with Gasteiger partial charge in [0.15, 0.2) is 5.78 Å². The fourth-order valence-electron chi connectivity index (χ4n) is 3.17. The number of likely N-dealkylation sites (tertiary alicyclic amines) is 1. The van der Waals surface area contributed by atoms with Gasteiger partial charge in [-0.05, 0) is 50.3 Å². The lowest BCUT2D eigenvalue weighted by Crippen LogP contribution is -2.39. The van der Waals surface area contributed by atoms with Gasteiger partial charge in [0.2, 0.25) is 0 Å². The lowest BCUT2D eigenvalue weighted by Gasteiger charge is -2.32. The van der Waals surface area contributed by atoms with Crippen molar-refractivity contribution in [1.29, 1.82) is 0 Å². The molecule has 0 aromatic heterocycles. The Morgan fingerprint density at radius 1 is 1.30 bits per heavy atom. The van der Waals surface area contributed by atoms with Crippen LogP contribution < -0.4 is 4.74 Å². The summed E-state index contributed by atoms with van der Waals surface area (Å²) in [5.74, 6) is 1.99. The summed E-state index contributed by atoms with van der Waals surface area (Å²) in [4.78, 5) is 15.2. The number of piperidine rings is 1. The molecule has 1 aromatic rings. The number of ketones is 1. The summed E-state index contributed by atoms with van der Waals surface area (Å²) in [5, 5.41) is 0. The largest absolute Gasteiger partial charge is 0.496 e. The average molecular weight is 273 g/mol. The zero-order chi connectivity index (χ0) is 13.9. The van der Waals surface area contributed by atoms with Crippen LogP contribution in [0.25, 0.3) is 0 Å². The number of ether oxygens (including phenoxy) is 1. The normalized spacial score (nSPS) is 23.6. The number of carbonyl (C=O) groups excluding carboxylic acids is 1. The Morgan fingerprint density at radius 2 is 2.10 bits per heavy atom. The second-order valence-corrected chi connectivity index (χ2v) is 6.11. The lowest BCUT2D eigenvalue weighted by molar-refractivity contribution is 0.0811. The molecule has 0 amide bonds. The minimum atomic E-state index is 0.138. The topological polar surface area (TPSA) is 29.5 Å². The first-order valence-electron chi connectivity index (χ1n) is 7.67. The summed E-state index contributed by atoms with van der Waals surface area (Å²) >= 11 is 0. The number of Topliss-reactive ketones (excluding diaryl/α,β-unsaturated/α-hetero) is 1. The number of rotatable bonds is 5. The predicted octanol–water partition coefficient (Wildman–Crippen LogP) is 3.00. The lowest BCUT2D eigenvalue weighted by atomic mass is 9.89. The average Bonchev–Trinajstić information content (AvgIpc) is 3.30. The van der Waals surface area contributed by atoms with Gasteiger partial charge < -0.3 is 9.64 Å². The van der Waals surface area contributed by atoms with Gasteiger partial charge in [-0.25, -0.2) is 0 Å². The van der Waals surface area contributed by atoms with Crippen LogP contribution in [-0.4, -0.2) is 37.4 Å². The third-order valence-corrected chi connectivity index (χ3v) is 4.46. The number of hydrogen-bond donors (Lipinski definition) is 0. The van der Waals surface area contributed by atoms with E-state index in [4.69, 9.17) is 4.74 Å². The summed E-state index contributed by atoms with van der Waals surface area (Å²) in [7, 11) is 1.63. The van der Waals surface area contributed by atoms with Gasteiger partial charge in [-0.15, -0.1) is 0 Å². The van der Waals surface area contributed by atoms with Crippen LogP contribution in [0.3, 0.4) is 0 Å². The van der Waals surface area contributed by atoms with Gasteiger partial charge in [0.25, 0.3) is 0 Å². The quantitative estimate of drug-likeness (QED) is 0.772. The third-order valence-electron chi connectivity index (χ3n) is 4.46. The Balaban J connectivity index is 1.69. The van der Waals surface area contributed by atoms with Crippen LogP contribution in [0.2, 0.25) is 0 Å². The van der Waals surface area contributed by atoms with Gasteiger partial charge in [0.1, 0.15) is 5.75 Å². The fourth-order valence-corrected chi connectivity index (χ4v) is 3.17. The van der Waals surface area contributed by atoms with E-state index in [-0.39, 0.29) is 11.7 Å². The Labute approximate surface area is 120 Å². The van der Waals surface area contributed by atoms with Gasteiger partial charge in [-0.1, -0.05) is 12.1 Å². The van der Waals surface area contributed by atoms with Crippen LogP contribution in [0.15, 0.2) is 24.3 Å². The summed E-state index contributed by atoms with van der Waals surface area (Å²) in [5.41, 5.74) is 0.744. The van der Waals surface area contributed by atoms with E-state index in [9.17, 15) is 4.79 Å². The van der Waals surface area contributed by atoms with E-state index >= 15 is 0 Å². The Morgan fingerprint density at radius 3 is 2.85 bits per heavy atom. The first-order chi connectivity index (χ1) is 9.78. The molecular weight excluding hydrogens is 250 g/mol. The van der Waals surface area contributed by atoms with Crippen LogP contribution in [0.5, 0.6) is 5.75 Å². The smallest absolute Gasteiger partial charge is 0.170 e. The fraction of sp³-hybridized carbons (Fsp3) is 0.588. The van der Waals surface area contributed by atoms with Crippen molar-refractivity contribution >= 4 is 5.78 Å². The van der Waals surface area contributed by atoms with Gasteiger partial charge in [0.05, 0.1) is 12.7 Å².